The summed E-state index contributed by atoms with van der Waals surface area (Å²) in [6.07, 6.45) is 0.970. The molecule has 1 aliphatic carbocycles. The second-order valence-electron chi connectivity index (χ2n) is 7.07. The number of thioether (sulfide) groups is 1. The minimum Gasteiger partial charge on any atom is -0.341 e. The molecule has 0 aliphatic heterocycles. The molecule has 0 saturated heterocycles. The van der Waals surface area contributed by atoms with E-state index in [4.69, 9.17) is 0 Å². The average Bonchev–Trinajstić information content (AvgIpc) is 3.49. The maximum absolute atomic E-state index is 14.2. The lowest BCUT2D eigenvalue weighted by Gasteiger charge is -2.19. The molecule has 0 spiro atoms. The van der Waals surface area contributed by atoms with Crippen LogP contribution in [0.25, 0.3) is 11.4 Å². The number of aromatic nitrogens is 2. The van der Waals surface area contributed by atoms with Crippen molar-refractivity contribution in [3.8, 4) is 11.4 Å². The van der Waals surface area contributed by atoms with Gasteiger partial charge in [0.15, 0.2) is 0 Å². The quantitative estimate of drug-likeness (QED) is 0.441. The zero-order valence-corrected chi connectivity index (χ0v) is 16.6. The number of hydrogen-bond donors (Lipinski definition) is 2. The number of hydrogen-bond acceptors (Lipinski definition) is 4. The van der Waals surface area contributed by atoms with Crippen molar-refractivity contribution in [1.29, 1.82) is 0 Å². The number of nitrogens with one attached hydrogen (secondary N) is 2. The van der Waals surface area contributed by atoms with Crippen LogP contribution in [0.4, 0.5) is 17.6 Å². The molecule has 1 fully saturated rings. The molecule has 3 aromatic rings. The fourth-order valence-corrected chi connectivity index (χ4v) is 3.75. The fourth-order valence-electron chi connectivity index (χ4n) is 3.20. The minimum atomic E-state index is -4.60. The molecule has 0 bridgehead atoms. The van der Waals surface area contributed by atoms with Gasteiger partial charge in [-0.05, 0) is 42.3 Å². The molecule has 4 rings (SSSR count). The van der Waals surface area contributed by atoms with Crippen molar-refractivity contribution in [3.63, 3.8) is 0 Å². The Hall–Kier alpha value is -3.14. The van der Waals surface area contributed by atoms with Crippen molar-refractivity contribution >= 4 is 17.7 Å². The third-order valence-electron chi connectivity index (χ3n) is 4.83. The van der Waals surface area contributed by atoms with Gasteiger partial charge in [-0.15, -0.1) is 0 Å². The molecular formula is C21H15F4N3O2S. The molecule has 1 amide bonds. The molecule has 1 aliphatic rings. The molecule has 0 atom stereocenters. The Bertz CT molecular complexity index is 1190. The summed E-state index contributed by atoms with van der Waals surface area (Å²) in [5.74, 6) is -1.42. The highest BCUT2D eigenvalue weighted by atomic mass is 32.2. The van der Waals surface area contributed by atoms with Gasteiger partial charge in [0.25, 0.3) is 11.5 Å². The van der Waals surface area contributed by atoms with Gasteiger partial charge in [-0.2, -0.15) is 13.2 Å². The summed E-state index contributed by atoms with van der Waals surface area (Å²) in [5, 5.41) is 2.75. The van der Waals surface area contributed by atoms with E-state index < -0.39 is 45.0 Å². The summed E-state index contributed by atoms with van der Waals surface area (Å²) >= 11 is -0.532. The number of rotatable bonds is 5. The van der Waals surface area contributed by atoms with Gasteiger partial charge in [0, 0.05) is 11.6 Å². The topological polar surface area (TPSA) is 74.8 Å². The molecule has 160 valence electrons. The predicted molar refractivity (Wildman–Crippen MR) is 107 cm³/mol. The summed E-state index contributed by atoms with van der Waals surface area (Å²) in [6, 6.07) is 13.2. The maximum atomic E-state index is 14.2. The summed E-state index contributed by atoms with van der Waals surface area (Å²) in [7, 11) is 0. The van der Waals surface area contributed by atoms with Crippen molar-refractivity contribution in [2.75, 3.05) is 0 Å². The molecule has 0 radical (unpaired) electrons. The molecule has 10 heteroatoms. The number of aromatic amines is 1. The number of carbonyl (C=O) groups excluding carboxylic acids is 1. The molecule has 1 aromatic heterocycles. The third kappa shape index (κ3) is 4.79. The second-order valence-corrected chi connectivity index (χ2v) is 8.18. The third-order valence-corrected chi connectivity index (χ3v) is 5.62. The highest BCUT2D eigenvalue weighted by Crippen LogP contribution is 2.47. The Morgan fingerprint density at radius 1 is 1.10 bits per heavy atom. The van der Waals surface area contributed by atoms with Crippen molar-refractivity contribution in [3.05, 3.63) is 82.0 Å². The van der Waals surface area contributed by atoms with Crippen LogP contribution in [0.2, 0.25) is 0 Å². The predicted octanol–water partition coefficient (Wildman–Crippen LogP) is 4.61. The van der Waals surface area contributed by atoms with E-state index in [-0.39, 0.29) is 11.5 Å². The molecule has 0 unspecified atom stereocenters. The van der Waals surface area contributed by atoms with Crippen LogP contribution in [-0.2, 0) is 5.54 Å². The summed E-state index contributed by atoms with van der Waals surface area (Å²) in [6.45, 7) is 0. The fraction of sp³-hybridized carbons (Fsp3) is 0.190. The Kier molecular flexibility index (Phi) is 5.34. The maximum Gasteiger partial charge on any atom is 0.446 e. The Labute approximate surface area is 177 Å². The van der Waals surface area contributed by atoms with Gasteiger partial charge < -0.3 is 10.3 Å². The first kappa shape index (κ1) is 21.1. The first-order chi connectivity index (χ1) is 14.7. The first-order valence-electron chi connectivity index (χ1n) is 9.20. The van der Waals surface area contributed by atoms with E-state index >= 15 is 0 Å². The number of halogens is 4. The molecule has 31 heavy (non-hydrogen) atoms. The van der Waals surface area contributed by atoms with Crippen molar-refractivity contribution in [2.45, 2.75) is 28.8 Å². The Balaban J connectivity index is 1.57. The standard InChI is InChI=1S/C21H15F4N3O2S/c22-14-10-13(6-7-16(14)31-21(23,24)25)20(8-9-20)28-19(30)15-11-17(29)27-18(26-15)12-4-2-1-3-5-12/h1-7,10-11H,8-9H2,(H,28,30)(H,26,27,29). The van der Waals surface area contributed by atoms with Crippen LogP contribution in [-0.4, -0.2) is 21.4 Å². The number of nitrogens with zero attached hydrogens (tertiary/aromatic N) is 1. The normalized spacial score (nSPS) is 14.8. The molecule has 5 nitrogen and oxygen atoms in total. The minimum absolute atomic E-state index is 0.112. The number of benzene rings is 2. The Morgan fingerprint density at radius 3 is 2.42 bits per heavy atom. The van der Waals surface area contributed by atoms with E-state index in [2.05, 4.69) is 15.3 Å². The van der Waals surface area contributed by atoms with Crippen LogP contribution < -0.4 is 10.9 Å². The zero-order valence-electron chi connectivity index (χ0n) is 15.8. The van der Waals surface area contributed by atoms with Gasteiger partial charge >= 0.3 is 5.51 Å². The number of alkyl halides is 3. The van der Waals surface area contributed by atoms with Crippen LogP contribution in [0.15, 0.2) is 64.3 Å². The van der Waals surface area contributed by atoms with Crippen LogP contribution in [0.5, 0.6) is 0 Å². The highest BCUT2D eigenvalue weighted by Gasteiger charge is 2.46. The van der Waals surface area contributed by atoms with E-state index in [0.717, 1.165) is 18.2 Å². The number of amides is 1. The lowest BCUT2D eigenvalue weighted by molar-refractivity contribution is -0.0329. The first-order valence-corrected chi connectivity index (χ1v) is 10.0. The van der Waals surface area contributed by atoms with Crippen LogP contribution >= 0.6 is 11.8 Å². The van der Waals surface area contributed by atoms with Crippen molar-refractivity contribution < 1.29 is 22.4 Å². The lowest BCUT2D eigenvalue weighted by atomic mass is 10.0. The van der Waals surface area contributed by atoms with Crippen molar-refractivity contribution in [2.24, 2.45) is 0 Å². The smallest absolute Gasteiger partial charge is 0.341 e. The molecule has 1 saturated carbocycles. The van der Waals surface area contributed by atoms with Gasteiger partial charge in [-0.1, -0.05) is 36.4 Å². The van der Waals surface area contributed by atoms with Crippen molar-refractivity contribution in [1.82, 2.24) is 15.3 Å². The van der Waals surface area contributed by atoms with E-state index in [9.17, 15) is 27.2 Å². The van der Waals surface area contributed by atoms with E-state index in [1.165, 1.54) is 6.07 Å². The van der Waals surface area contributed by atoms with Crippen LogP contribution in [0.1, 0.15) is 28.9 Å². The van der Waals surface area contributed by atoms with E-state index in [1.807, 2.05) is 0 Å². The average molecular weight is 449 g/mol. The Morgan fingerprint density at radius 2 is 1.81 bits per heavy atom. The van der Waals surface area contributed by atoms with Gasteiger partial charge in [-0.3, -0.25) is 9.59 Å². The van der Waals surface area contributed by atoms with E-state index in [0.29, 0.717) is 24.0 Å². The summed E-state index contributed by atoms with van der Waals surface area (Å²) in [5.41, 5.74) is -5.15. The molecular weight excluding hydrogens is 434 g/mol. The van der Waals surface area contributed by atoms with E-state index in [1.54, 1.807) is 30.3 Å². The number of carbonyl (C=O) groups is 1. The highest BCUT2D eigenvalue weighted by molar-refractivity contribution is 8.00. The van der Waals surface area contributed by atoms with Gasteiger partial charge in [-0.25, -0.2) is 9.37 Å². The van der Waals surface area contributed by atoms with Crippen LogP contribution in [0.3, 0.4) is 0 Å². The molecule has 1 heterocycles. The van der Waals surface area contributed by atoms with Gasteiger partial charge in [0.05, 0.1) is 10.4 Å². The monoisotopic (exact) mass is 449 g/mol. The number of H-pyrrole nitrogens is 1. The zero-order chi connectivity index (χ0) is 22.2. The summed E-state index contributed by atoms with van der Waals surface area (Å²) < 4.78 is 51.8. The SMILES string of the molecule is O=C(NC1(c2ccc(SC(F)(F)F)c(F)c2)CC1)c1cc(=O)[nH]c(-c2ccccc2)n1. The lowest BCUT2D eigenvalue weighted by Crippen LogP contribution is -2.36. The largest absolute Gasteiger partial charge is 0.446 e. The molecule has 2 N–H and O–H groups in total. The second kappa shape index (κ2) is 7.84. The van der Waals surface area contributed by atoms with Crippen LogP contribution in [0, 0.1) is 5.82 Å². The van der Waals surface area contributed by atoms with Gasteiger partial charge in [0.2, 0.25) is 0 Å². The summed E-state index contributed by atoms with van der Waals surface area (Å²) in [4.78, 5) is 31.0. The molecule has 2 aromatic carbocycles. The van der Waals surface area contributed by atoms with Gasteiger partial charge in [0.1, 0.15) is 17.3 Å².